The first-order valence-electron chi connectivity index (χ1n) is 8.01. The fraction of sp³-hybridized carbons (Fsp3) is 0.611. The largest absolute Gasteiger partial charge is 0.497 e. The maximum Gasteiger partial charge on any atom is 0.223 e. The Kier molecular flexibility index (Phi) is 6.02. The standard InChI is InChI=1S/C18H27NO4/c1-18(2)13-19(11-16(23-18)12-21-3)17(20)10-7-14-5-8-15(22-4)9-6-14/h5-6,8-9,16H,7,10-13H2,1-4H3/t16-/m1/s1. The van der Waals surface area contributed by atoms with Crippen molar-refractivity contribution in [2.45, 2.75) is 38.4 Å². The predicted molar refractivity (Wildman–Crippen MR) is 88.7 cm³/mol. The summed E-state index contributed by atoms with van der Waals surface area (Å²) >= 11 is 0. The highest BCUT2D eigenvalue weighted by atomic mass is 16.5. The number of nitrogens with zero attached hydrogens (tertiary/aromatic N) is 1. The van der Waals surface area contributed by atoms with Crippen LogP contribution in [0.2, 0.25) is 0 Å². The smallest absolute Gasteiger partial charge is 0.223 e. The highest BCUT2D eigenvalue weighted by Gasteiger charge is 2.35. The lowest BCUT2D eigenvalue weighted by Gasteiger charge is -2.42. The minimum absolute atomic E-state index is 0.0614. The van der Waals surface area contributed by atoms with Crippen LogP contribution in [-0.4, -0.2) is 56.4 Å². The number of morpholine rings is 1. The molecule has 23 heavy (non-hydrogen) atoms. The maximum absolute atomic E-state index is 12.5. The minimum atomic E-state index is -0.336. The normalized spacial score (nSPS) is 20.3. The number of hydrogen-bond donors (Lipinski definition) is 0. The molecule has 1 atom stereocenters. The van der Waals surface area contributed by atoms with Gasteiger partial charge < -0.3 is 19.1 Å². The van der Waals surface area contributed by atoms with Gasteiger partial charge in [0, 0.05) is 26.6 Å². The van der Waals surface area contributed by atoms with Crippen molar-refractivity contribution in [3.8, 4) is 5.75 Å². The second-order valence-corrected chi connectivity index (χ2v) is 6.58. The lowest BCUT2D eigenvalue weighted by atomic mass is 10.0. The molecule has 1 aromatic carbocycles. The highest BCUT2D eigenvalue weighted by molar-refractivity contribution is 5.76. The number of hydrogen-bond acceptors (Lipinski definition) is 4. The molecule has 1 aliphatic heterocycles. The van der Waals surface area contributed by atoms with Crippen LogP contribution in [0.5, 0.6) is 5.75 Å². The fourth-order valence-corrected chi connectivity index (χ4v) is 2.96. The van der Waals surface area contributed by atoms with Crippen LogP contribution in [0.3, 0.4) is 0 Å². The molecule has 5 heteroatoms. The third kappa shape index (κ3) is 5.22. The lowest BCUT2D eigenvalue weighted by Crippen LogP contribution is -2.55. The van der Waals surface area contributed by atoms with E-state index >= 15 is 0 Å². The van der Waals surface area contributed by atoms with Gasteiger partial charge in [-0.05, 0) is 38.0 Å². The summed E-state index contributed by atoms with van der Waals surface area (Å²) in [6, 6.07) is 7.85. The van der Waals surface area contributed by atoms with Crippen LogP contribution < -0.4 is 4.74 Å². The first-order chi connectivity index (χ1) is 10.9. The van der Waals surface area contributed by atoms with E-state index in [-0.39, 0.29) is 17.6 Å². The Morgan fingerprint density at radius 3 is 2.61 bits per heavy atom. The van der Waals surface area contributed by atoms with Crippen LogP contribution in [-0.2, 0) is 20.7 Å². The molecule has 0 spiro atoms. The molecule has 1 aliphatic rings. The summed E-state index contributed by atoms with van der Waals surface area (Å²) in [5.74, 6) is 0.996. The van der Waals surface area contributed by atoms with Crippen molar-refractivity contribution in [1.29, 1.82) is 0 Å². The lowest BCUT2D eigenvalue weighted by molar-refractivity contribution is -0.168. The van der Waals surface area contributed by atoms with Crippen LogP contribution in [0, 0.1) is 0 Å². The van der Waals surface area contributed by atoms with Gasteiger partial charge in [0.15, 0.2) is 0 Å². The minimum Gasteiger partial charge on any atom is -0.497 e. The fourth-order valence-electron chi connectivity index (χ4n) is 2.96. The summed E-state index contributed by atoms with van der Waals surface area (Å²) in [6.07, 6.45) is 1.17. The summed E-state index contributed by atoms with van der Waals surface area (Å²) in [5, 5.41) is 0. The zero-order chi connectivity index (χ0) is 16.9. The van der Waals surface area contributed by atoms with Crippen molar-refractivity contribution in [1.82, 2.24) is 4.90 Å². The molecule has 0 unspecified atom stereocenters. The first kappa shape index (κ1) is 17.8. The van der Waals surface area contributed by atoms with Crippen LogP contribution in [0.15, 0.2) is 24.3 Å². The summed E-state index contributed by atoms with van der Waals surface area (Å²) < 4.78 is 16.3. The van der Waals surface area contributed by atoms with Crippen molar-refractivity contribution in [3.05, 3.63) is 29.8 Å². The molecule has 1 saturated heterocycles. The summed E-state index contributed by atoms with van der Waals surface area (Å²) in [4.78, 5) is 14.4. The van der Waals surface area contributed by atoms with Crippen LogP contribution in [0.25, 0.3) is 0 Å². The molecule has 0 aromatic heterocycles. The van der Waals surface area contributed by atoms with Crippen molar-refractivity contribution in [2.24, 2.45) is 0 Å². The Labute approximate surface area is 138 Å². The average Bonchev–Trinajstić information content (AvgIpc) is 2.52. The molecular weight excluding hydrogens is 294 g/mol. The van der Waals surface area contributed by atoms with Gasteiger partial charge in [-0.3, -0.25) is 4.79 Å². The Hall–Kier alpha value is -1.59. The van der Waals surface area contributed by atoms with E-state index in [9.17, 15) is 4.79 Å². The van der Waals surface area contributed by atoms with E-state index in [1.54, 1.807) is 14.2 Å². The Morgan fingerprint density at radius 1 is 1.30 bits per heavy atom. The maximum atomic E-state index is 12.5. The number of rotatable bonds is 6. The van der Waals surface area contributed by atoms with Crippen LogP contribution in [0.4, 0.5) is 0 Å². The molecule has 0 bridgehead atoms. The van der Waals surface area contributed by atoms with E-state index in [2.05, 4.69) is 0 Å². The number of methoxy groups -OCH3 is 2. The van der Waals surface area contributed by atoms with Crippen molar-refractivity contribution < 1.29 is 19.0 Å². The predicted octanol–water partition coefficient (Wildman–Crippen LogP) is 2.28. The molecule has 0 saturated carbocycles. The van der Waals surface area contributed by atoms with Gasteiger partial charge in [0.1, 0.15) is 5.75 Å². The molecule has 1 fully saturated rings. The van der Waals surface area contributed by atoms with Gasteiger partial charge >= 0.3 is 0 Å². The zero-order valence-electron chi connectivity index (χ0n) is 14.5. The van der Waals surface area contributed by atoms with E-state index in [1.165, 1.54) is 0 Å². The number of aryl methyl sites for hydroxylation is 1. The quantitative estimate of drug-likeness (QED) is 0.806. The van der Waals surface area contributed by atoms with Gasteiger partial charge in [-0.1, -0.05) is 12.1 Å². The third-order valence-corrected chi connectivity index (χ3v) is 3.97. The third-order valence-electron chi connectivity index (χ3n) is 3.97. The molecule has 1 heterocycles. The number of ether oxygens (including phenoxy) is 3. The van der Waals surface area contributed by atoms with E-state index < -0.39 is 0 Å². The number of carbonyl (C=O) groups excluding carboxylic acids is 1. The van der Waals surface area contributed by atoms with Gasteiger partial charge in [-0.2, -0.15) is 0 Å². The molecule has 128 valence electrons. The second-order valence-electron chi connectivity index (χ2n) is 6.58. The second kappa shape index (κ2) is 7.79. The van der Waals surface area contributed by atoms with E-state index in [4.69, 9.17) is 14.2 Å². The van der Waals surface area contributed by atoms with Gasteiger partial charge in [-0.25, -0.2) is 0 Å². The first-order valence-corrected chi connectivity index (χ1v) is 8.01. The van der Waals surface area contributed by atoms with Crippen molar-refractivity contribution in [3.63, 3.8) is 0 Å². The van der Waals surface area contributed by atoms with Crippen molar-refractivity contribution >= 4 is 5.91 Å². The van der Waals surface area contributed by atoms with Gasteiger partial charge in [0.25, 0.3) is 0 Å². The van der Waals surface area contributed by atoms with E-state index in [0.717, 1.165) is 17.7 Å². The van der Waals surface area contributed by atoms with Crippen LogP contribution >= 0.6 is 0 Å². The topological polar surface area (TPSA) is 48.0 Å². The van der Waals surface area contributed by atoms with E-state index in [1.807, 2.05) is 43.0 Å². The Bertz CT molecular complexity index is 512. The van der Waals surface area contributed by atoms with Gasteiger partial charge in [0.05, 0.1) is 25.4 Å². The van der Waals surface area contributed by atoms with E-state index in [0.29, 0.717) is 26.1 Å². The van der Waals surface area contributed by atoms with Crippen molar-refractivity contribution in [2.75, 3.05) is 33.9 Å². The highest BCUT2D eigenvalue weighted by Crippen LogP contribution is 2.22. The summed E-state index contributed by atoms with van der Waals surface area (Å²) in [7, 11) is 3.30. The zero-order valence-corrected chi connectivity index (χ0v) is 14.5. The Balaban J connectivity index is 1.90. The summed E-state index contributed by atoms with van der Waals surface area (Å²) in [5.41, 5.74) is 0.803. The SMILES string of the molecule is COC[C@H]1CN(C(=O)CCc2ccc(OC)cc2)CC(C)(C)O1. The number of amides is 1. The molecular formula is C18H27NO4. The molecule has 0 radical (unpaired) electrons. The number of benzene rings is 1. The molecule has 2 rings (SSSR count). The van der Waals surface area contributed by atoms with Crippen LogP contribution in [0.1, 0.15) is 25.8 Å². The molecule has 0 N–H and O–H groups in total. The van der Waals surface area contributed by atoms with Gasteiger partial charge in [0.2, 0.25) is 5.91 Å². The average molecular weight is 321 g/mol. The van der Waals surface area contributed by atoms with Gasteiger partial charge in [-0.15, -0.1) is 0 Å². The number of carbonyl (C=O) groups is 1. The molecule has 1 aromatic rings. The molecule has 5 nitrogen and oxygen atoms in total. The monoisotopic (exact) mass is 321 g/mol. The summed E-state index contributed by atoms with van der Waals surface area (Å²) in [6.45, 7) is 5.75. The Morgan fingerprint density at radius 2 is 2.00 bits per heavy atom. The molecule has 0 aliphatic carbocycles. The molecule has 1 amide bonds.